The Kier molecular flexibility index (Phi) is 10.3. The Bertz CT molecular complexity index is 532. The van der Waals surface area contributed by atoms with Crippen molar-refractivity contribution >= 4 is 7.82 Å². The number of phosphoric ester groups is 1. The molecule has 1 saturated carbocycles. The molecule has 0 heterocycles. The van der Waals surface area contributed by atoms with E-state index in [0.29, 0.717) is 0 Å². The van der Waals surface area contributed by atoms with Gasteiger partial charge in [-0.25, -0.2) is 4.57 Å². The van der Waals surface area contributed by atoms with Crippen LogP contribution in [-0.4, -0.2) is 16.4 Å². The third-order valence-electron chi connectivity index (χ3n) is 3.43. The summed E-state index contributed by atoms with van der Waals surface area (Å²) in [5, 5.41) is 0. The van der Waals surface area contributed by atoms with E-state index in [1.54, 1.807) is 0 Å². The summed E-state index contributed by atoms with van der Waals surface area (Å²) in [4.78, 5) is 15.8. The minimum atomic E-state index is -4.17. The molecule has 2 N–H and O–H groups in total. The van der Waals surface area contributed by atoms with Crippen molar-refractivity contribution in [3.8, 4) is 11.1 Å². The van der Waals surface area contributed by atoms with Gasteiger partial charge < -0.3 is 9.79 Å². The molecule has 0 radical (unpaired) electrons. The van der Waals surface area contributed by atoms with Crippen molar-refractivity contribution in [2.45, 2.75) is 39.0 Å². The van der Waals surface area contributed by atoms with Crippen LogP contribution in [0, 0.1) is 0 Å². The summed E-state index contributed by atoms with van der Waals surface area (Å²) in [6, 6.07) is 20.8. The van der Waals surface area contributed by atoms with E-state index < -0.39 is 7.82 Å². The van der Waals surface area contributed by atoms with E-state index in [1.165, 1.54) is 50.2 Å². The second-order valence-corrected chi connectivity index (χ2v) is 6.65. The first-order valence-corrected chi connectivity index (χ1v) is 9.86. The molecule has 1 fully saturated rings. The van der Waals surface area contributed by atoms with E-state index in [2.05, 4.69) is 53.1 Å². The van der Waals surface area contributed by atoms with Crippen LogP contribution in [-0.2, 0) is 9.09 Å². The van der Waals surface area contributed by atoms with Gasteiger partial charge in [-0.2, -0.15) is 0 Å². The standard InChI is InChI=1S/C12H10.C5H10.C2H7O4P/c1-3-7-11(8-4-1)12-9-5-2-6-10-12;1-2-4-5-3-1;1-2-6-7(3,4)5/h1-10H;1-5H2;2H2,1H3,(H2,3,4,5). The Morgan fingerprint density at radius 3 is 1.33 bits per heavy atom. The molecule has 0 aromatic heterocycles. The van der Waals surface area contributed by atoms with Gasteiger partial charge in [0, 0.05) is 0 Å². The molecule has 0 spiro atoms. The second-order valence-electron chi connectivity index (χ2n) is 5.41. The van der Waals surface area contributed by atoms with E-state index in [-0.39, 0.29) is 6.61 Å². The smallest absolute Gasteiger partial charge is 0.303 e. The summed E-state index contributed by atoms with van der Waals surface area (Å²) in [6.07, 6.45) is 7.50. The van der Waals surface area contributed by atoms with Crippen molar-refractivity contribution in [2.75, 3.05) is 6.61 Å². The number of hydrogen-bond donors (Lipinski definition) is 2. The average molecular weight is 350 g/mol. The number of benzene rings is 2. The van der Waals surface area contributed by atoms with Crippen molar-refractivity contribution in [1.82, 2.24) is 0 Å². The lowest BCUT2D eigenvalue weighted by atomic mass is 10.1. The van der Waals surface area contributed by atoms with Crippen LogP contribution in [0.15, 0.2) is 60.7 Å². The molecule has 0 bridgehead atoms. The highest BCUT2D eigenvalue weighted by atomic mass is 31.2. The Morgan fingerprint density at radius 1 is 0.792 bits per heavy atom. The Morgan fingerprint density at radius 2 is 1.12 bits per heavy atom. The van der Waals surface area contributed by atoms with E-state index >= 15 is 0 Å². The van der Waals surface area contributed by atoms with Crippen LogP contribution in [0.25, 0.3) is 11.1 Å². The van der Waals surface area contributed by atoms with Gasteiger partial charge in [0.25, 0.3) is 0 Å². The lowest BCUT2D eigenvalue weighted by molar-refractivity contribution is 0.206. The molecule has 4 nitrogen and oxygen atoms in total. The maximum Gasteiger partial charge on any atom is 0.469 e. The van der Waals surface area contributed by atoms with Crippen LogP contribution in [0.1, 0.15) is 39.0 Å². The first-order valence-electron chi connectivity index (χ1n) is 8.33. The molecule has 1 aliphatic carbocycles. The fourth-order valence-electron chi connectivity index (χ4n) is 2.31. The molecular weight excluding hydrogens is 323 g/mol. The van der Waals surface area contributed by atoms with Gasteiger partial charge >= 0.3 is 7.82 Å². The third-order valence-corrected chi connectivity index (χ3v) is 4.02. The van der Waals surface area contributed by atoms with E-state index in [4.69, 9.17) is 9.79 Å². The highest BCUT2D eigenvalue weighted by Crippen LogP contribution is 2.34. The maximum absolute atomic E-state index is 9.70. The number of phosphoric acid groups is 1. The van der Waals surface area contributed by atoms with Gasteiger partial charge in [0.15, 0.2) is 0 Å². The highest BCUT2D eigenvalue weighted by molar-refractivity contribution is 7.46. The van der Waals surface area contributed by atoms with Crippen molar-refractivity contribution in [2.24, 2.45) is 0 Å². The van der Waals surface area contributed by atoms with Gasteiger partial charge in [0.1, 0.15) is 0 Å². The quantitative estimate of drug-likeness (QED) is 0.725. The zero-order chi connectivity index (χ0) is 17.7. The number of rotatable bonds is 3. The molecule has 132 valence electrons. The van der Waals surface area contributed by atoms with Crippen LogP contribution in [0.2, 0.25) is 0 Å². The third kappa shape index (κ3) is 10.3. The minimum Gasteiger partial charge on any atom is -0.303 e. The zero-order valence-corrected chi connectivity index (χ0v) is 15.1. The topological polar surface area (TPSA) is 66.8 Å². The van der Waals surface area contributed by atoms with E-state index in [1.807, 2.05) is 12.1 Å². The molecular formula is C19H27O4P. The van der Waals surface area contributed by atoms with Crippen LogP contribution in [0.3, 0.4) is 0 Å². The Balaban J connectivity index is 0.000000204. The molecule has 2 aromatic carbocycles. The van der Waals surface area contributed by atoms with E-state index in [0.717, 1.165) is 0 Å². The first-order chi connectivity index (χ1) is 11.5. The lowest BCUT2D eigenvalue weighted by Gasteiger charge is -1.98. The van der Waals surface area contributed by atoms with Crippen LogP contribution < -0.4 is 0 Å². The average Bonchev–Trinajstić information content (AvgIpc) is 3.16. The normalized spacial score (nSPS) is 13.3. The summed E-state index contributed by atoms with van der Waals surface area (Å²) in [6.45, 7) is 1.56. The summed E-state index contributed by atoms with van der Waals surface area (Å²) < 4.78 is 13.6. The maximum atomic E-state index is 9.70. The predicted molar refractivity (Wildman–Crippen MR) is 98.6 cm³/mol. The SMILES string of the molecule is C1CCCC1.CCOP(=O)(O)O.c1ccc(-c2ccccc2)cc1. The van der Waals surface area contributed by atoms with Gasteiger partial charge in [-0.1, -0.05) is 92.8 Å². The fourth-order valence-corrected chi connectivity index (χ4v) is 2.65. The molecule has 0 unspecified atom stereocenters. The monoisotopic (exact) mass is 350 g/mol. The van der Waals surface area contributed by atoms with Crippen molar-refractivity contribution in [1.29, 1.82) is 0 Å². The van der Waals surface area contributed by atoms with Gasteiger partial charge in [-0.15, -0.1) is 0 Å². The predicted octanol–water partition coefficient (Wildman–Crippen LogP) is 5.42. The molecule has 3 rings (SSSR count). The molecule has 1 aliphatic rings. The van der Waals surface area contributed by atoms with Gasteiger partial charge in [0.05, 0.1) is 6.61 Å². The van der Waals surface area contributed by atoms with Crippen molar-refractivity contribution in [3.63, 3.8) is 0 Å². The fraction of sp³-hybridized carbons (Fsp3) is 0.368. The van der Waals surface area contributed by atoms with Gasteiger partial charge in [-0.3, -0.25) is 4.52 Å². The molecule has 2 aromatic rings. The zero-order valence-electron chi connectivity index (χ0n) is 14.2. The van der Waals surface area contributed by atoms with Gasteiger partial charge in [0.2, 0.25) is 0 Å². The Labute approximate surface area is 144 Å². The van der Waals surface area contributed by atoms with Crippen LogP contribution in [0.5, 0.6) is 0 Å². The Hall–Kier alpha value is -1.45. The summed E-state index contributed by atoms with van der Waals surface area (Å²) in [5.74, 6) is 0. The molecule has 0 aliphatic heterocycles. The lowest BCUT2D eigenvalue weighted by Crippen LogP contribution is -1.84. The van der Waals surface area contributed by atoms with Crippen molar-refractivity contribution in [3.05, 3.63) is 60.7 Å². The van der Waals surface area contributed by atoms with Crippen LogP contribution in [0.4, 0.5) is 0 Å². The van der Waals surface area contributed by atoms with Crippen molar-refractivity contribution < 1.29 is 18.9 Å². The molecule has 0 saturated heterocycles. The number of hydrogen-bond acceptors (Lipinski definition) is 2. The van der Waals surface area contributed by atoms with Gasteiger partial charge in [-0.05, 0) is 18.1 Å². The molecule has 0 atom stereocenters. The minimum absolute atomic E-state index is 0.0459. The molecule has 5 heteroatoms. The summed E-state index contributed by atoms with van der Waals surface area (Å²) in [7, 11) is -4.17. The summed E-state index contributed by atoms with van der Waals surface area (Å²) in [5.41, 5.74) is 2.55. The largest absolute Gasteiger partial charge is 0.469 e. The second kappa shape index (κ2) is 12.0. The molecule has 24 heavy (non-hydrogen) atoms. The molecule has 0 amide bonds. The summed E-state index contributed by atoms with van der Waals surface area (Å²) >= 11 is 0. The highest BCUT2D eigenvalue weighted by Gasteiger charge is 2.10. The van der Waals surface area contributed by atoms with Crippen LogP contribution >= 0.6 is 7.82 Å². The van der Waals surface area contributed by atoms with E-state index in [9.17, 15) is 4.57 Å². The first kappa shape index (κ1) is 20.6.